The molecule has 0 radical (unpaired) electrons. The Balaban J connectivity index is 1.93. The lowest BCUT2D eigenvalue weighted by atomic mass is 9.85. The lowest BCUT2D eigenvalue weighted by molar-refractivity contribution is -0.0347. The van der Waals surface area contributed by atoms with Crippen molar-refractivity contribution in [3.8, 4) is 5.75 Å². The molecule has 2 aromatic carbocycles. The number of aliphatic hydroxyl groups excluding tert-OH is 1. The SMILES string of the molecule is O[C@@H]1C[C@H](c2cc(Cl)cc(Cl)c2)c2ccc3cnccc3c2O1. The van der Waals surface area contributed by atoms with Crippen LogP contribution in [0, 0.1) is 0 Å². The summed E-state index contributed by atoms with van der Waals surface area (Å²) in [6.45, 7) is 0. The molecule has 0 saturated carbocycles. The lowest BCUT2D eigenvalue weighted by Crippen LogP contribution is -2.25. The smallest absolute Gasteiger partial charge is 0.198 e. The van der Waals surface area contributed by atoms with Crippen LogP contribution in [0.25, 0.3) is 10.8 Å². The largest absolute Gasteiger partial charge is 0.464 e. The molecular formula is C18H13Cl2NO2. The molecule has 1 aliphatic heterocycles. The number of rotatable bonds is 1. The normalized spacial score (nSPS) is 20.1. The fraction of sp³-hybridized carbons (Fsp3) is 0.167. The average molecular weight is 346 g/mol. The number of fused-ring (bicyclic) bond motifs is 3. The summed E-state index contributed by atoms with van der Waals surface area (Å²) in [5.41, 5.74) is 1.99. The Morgan fingerprint density at radius 3 is 2.65 bits per heavy atom. The van der Waals surface area contributed by atoms with E-state index in [-0.39, 0.29) is 5.92 Å². The molecular weight excluding hydrogens is 333 g/mol. The van der Waals surface area contributed by atoms with Gasteiger partial charge in [0.15, 0.2) is 6.29 Å². The first-order valence-corrected chi connectivity index (χ1v) is 8.05. The predicted molar refractivity (Wildman–Crippen MR) is 91.3 cm³/mol. The zero-order valence-electron chi connectivity index (χ0n) is 12.0. The van der Waals surface area contributed by atoms with Crippen LogP contribution in [0.5, 0.6) is 5.75 Å². The summed E-state index contributed by atoms with van der Waals surface area (Å²) >= 11 is 12.3. The van der Waals surface area contributed by atoms with Gasteiger partial charge in [0, 0.05) is 51.1 Å². The number of aliphatic hydroxyl groups is 1. The van der Waals surface area contributed by atoms with Crippen LogP contribution in [0.15, 0.2) is 48.8 Å². The van der Waals surface area contributed by atoms with Crippen molar-refractivity contribution in [1.29, 1.82) is 0 Å². The van der Waals surface area contributed by atoms with Crippen LogP contribution < -0.4 is 4.74 Å². The van der Waals surface area contributed by atoms with Crippen molar-refractivity contribution in [1.82, 2.24) is 4.98 Å². The van der Waals surface area contributed by atoms with E-state index in [0.29, 0.717) is 22.2 Å². The first kappa shape index (κ1) is 14.8. The topological polar surface area (TPSA) is 42.4 Å². The lowest BCUT2D eigenvalue weighted by Gasteiger charge is -2.31. The van der Waals surface area contributed by atoms with Crippen LogP contribution in [0.1, 0.15) is 23.5 Å². The van der Waals surface area contributed by atoms with Crippen molar-refractivity contribution in [3.05, 3.63) is 70.0 Å². The quantitative estimate of drug-likeness (QED) is 0.690. The summed E-state index contributed by atoms with van der Waals surface area (Å²) in [5.74, 6) is 0.673. The highest BCUT2D eigenvalue weighted by Crippen LogP contribution is 2.44. The van der Waals surface area contributed by atoms with E-state index in [0.717, 1.165) is 21.9 Å². The Morgan fingerprint density at radius 1 is 1.09 bits per heavy atom. The Bertz CT molecular complexity index is 877. The Hall–Kier alpha value is -1.81. The summed E-state index contributed by atoms with van der Waals surface area (Å²) in [4.78, 5) is 4.13. The van der Waals surface area contributed by atoms with E-state index < -0.39 is 6.29 Å². The highest BCUT2D eigenvalue weighted by Gasteiger charge is 2.30. The predicted octanol–water partition coefficient (Wildman–Crippen LogP) is 4.77. The fourth-order valence-electron chi connectivity index (χ4n) is 3.17. The van der Waals surface area contributed by atoms with Crippen molar-refractivity contribution in [2.75, 3.05) is 0 Å². The van der Waals surface area contributed by atoms with Crippen LogP contribution >= 0.6 is 23.2 Å². The molecule has 2 heterocycles. The summed E-state index contributed by atoms with van der Waals surface area (Å²) in [6.07, 6.45) is 3.09. The Labute approximate surface area is 143 Å². The van der Waals surface area contributed by atoms with Gasteiger partial charge in [0.25, 0.3) is 0 Å². The van der Waals surface area contributed by atoms with Gasteiger partial charge in [-0.15, -0.1) is 0 Å². The number of benzene rings is 2. The van der Waals surface area contributed by atoms with Gasteiger partial charge in [-0.1, -0.05) is 35.3 Å². The third-order valence-electron chi connectivity index (χ3n) is 4.16. The molecule has 23 heavy (non-hydrogen) atoms. The van der Waals surface area contributed by atoms with E-state index in [1.54, 1.807) is 18.5 Å². The van der Waals surface area contributed by atoms with Crippen LogP contribution in [0.4, 0.5) is 0 Å². The van der Waals surface area contributed by atoms with Gasteiger partial charge in [-0.3, -0.25) is 4.98 Å². The van der Waals surface area contributed by atoms with Gasteiger partial charge in [0.05, 0.1) is 0 Å². The molecule has 5 heteroatoms. The third kappa shape index (κ3) is 2.65. The van der Waals surface area contributed by atoms with Gasteiger partial charge in [-0.25, -0.2) is 0 Å². The van der Waals surface area contributed by atoms with E-state index in [1.165, 1.54) is 0 Å². The van der Waals surface area contributed by atoms with Gasteiger partial charge >= 0.3 is 0 Å². The van der Waals surface area contributed by atoms with Gasteiger partial charge < -0.3 is 9.84 Å². The molecule has 2 atom stereocenters. The molecule has 0 unspecified atom stereocenters. The molecule has 0 amide bonds. The zero-order chi connectivity index (χ0) is 16.0. The number of ether oxygens (including phenoxy) is 1. The average Bonchev–Trinajstić information content (AvgIpc) is 2.53. The maximum absolute atomic E-state index is 10.2. The number of hydrogen-bond acceptors (Lipinski definition) is 3. The van der Waals surface area contributed by atoms with Crippen LogP contribution in [-0.2, 0) is 0 Å². The summed E-state index contributed by atoms with van der Waals surface area (Å²) in [7, 11) is 0. The van der Waals surface area contributed by atoms with Crippen LogP contribution in [0.2, 0.25) is 10.0 Å². The van der Waals surface area contributed by atoms with Crippen molar-refractivity contribution >= 4 is 34.0 Å². The number of nitrogens with zero attached hydrogens (tertiary/aromatic N) is 1. The summed E-state index contributed by atoms with van der Waals surface area (Å²) in [5, 5.41) is 13.3. The minimum Gasteiger partial charge on any atom is -0.464 e. The van der Waals surface area contributed by atoms with Gasteiger partial charge in [-0.05, 0) is 29.8 Å². The molecule has 1 aliphatic rings. The molecule has 0 aliphatic carbocycles. The molecule has 1 N–H and O–H groups in total. The second kappa shape index (κ2) is 5.68. The van der Waals surface area contributed by atoms with E-state index in [2.05, 4.69) is 4.98 Å². The summed E-state index contributed by atoms with van der Waals surface area (Å²) < 4.78 is 5.72. The number of pyridine rings is 1. The Kier molecular flexibility index (Phi) is 3.64. The standard InChI is InChI=1S/C18H13Cl2NO2/c19-12-5-11(6-13(20)7-12)16-8-17(22)23-18-14-3-4-21-9-10(14)1-2-15(16)18/h1-7,9,16-17,22H,8H2/t16-,17+/m1/s1. The van der Waals surface area contributed by atoms with Crippen molar-refractivity contribution in [2.45, 2.75) is 18.6 Å². The fourth-order valence-corrected chi connectivity index (χ4v) is 3.71. The van der Waals surface area contributed by atoms with E-state index in [4.69, 9.17) is 27.9 Å². The second-order valence-corrected chi connectivity index (χ2v) is 6.52. The second-order valence-electron chi connectivity index (χ2n) is 5.64. The molecule has 1 aromatic heterocycles. The molecule has 3 nitrogen and oxygen atoms in total. The molecule has 0 bridgehead atoms. The zero-order valence-corrected chi connectivity index (χ0v) is 13.6. The molecule has 3 aromatic rings. The monoisotopic (exact) mass is 345 g/mol. The highest BCUT2D eigenvalue weighted by atomic mass is 35.5. The van der Waals surface area contributed by atoms with Gasteiger partial charge in [0.2, 0.25) is 0 Å². The first-order chi connectivity index (χ1) is 11.1. The number of halogens is 2. The molecule has 0 spiro atoms. The molecule has 116 valence electrons. The number of hydrogen-bond donors (Lipinski definition) is 1. The summed E-state index contributed by atoms with van der Waals surface area (Å²) in [6, 6.07) is 11.4. The molecule has 0 fully saturated rings. The van der Waals surface area contributed by atoms with Crippen LogP contribution in [0.3, 0.4) is 0 Å². The third-order valence-corrected chi connectivity index (χ3v) is 4.59. The van der Waals surface area contributed by atoms with E-state index in [1.807, 2.05) is 30.3 Å². The van der Waals surface area contributed by atoms with E-state index >= 15 is 0 Å². The first-order valence-electron chi connectivity index (χ1n) is 7.29. The van der Waals surface area contributed by atoms with E-state index in [9.17, 15) is 5.11 Å². The maximum Gasteiger partial charge on any atom is 0.198 e. The van der Waals surface area contributed by atoms with Crippen molar-refractivity contribution in [2.24, 2.45) is 0 Å². The molecule has 4 rings (SSSR count). The van der Waals surface area contributed by atoms with Gasteiger partial charge in [0.1, 0.15) is 5.75 Å². The number of aromatic nitrogens is 1. The van der Waals surface area contributed by atoms with Crippen molar-refractivity contribution < 1.29 is 9.84 Å². The minimum absolute atomic E-state index is 0.0254. The Morgan fingerprint density at radius 2 is 1.87 bits per heavy atom. The minimum atomic E-state index is -0.871. The van der Waals surface area contributed by atoms with Gasteiger partial charge in [-0.2, -0.15) is 0 Å². The highest BCUT2D eigenvalue weighted by molar-refractivity contribution is 6.34. The van der Waals surface area contributed by atoms with Crippen LogP contribution in [-0.4, -0.2) is 16.4 Å². The van der Waals surface area contributed by atoms with Crippen molar-refractivity contribution in [3.63, 3.8) is 0 Å². The molecule has 0 saturated heterocycles. The maximum atomic E-state index is 10.2.